The Bertz CT molecular complexity index is 965. The zero-order chi connectivity index (χ0) is 23.8. The number of piperidine rings is 1. The number of ketones is 2. The highest BCUT2D eigenvalue weighted by Crippen LogP contribution is 2.31. The van der Waals surface area contributed by atoms with Gasteiger partial charge in [-0.2, -0.15) is 0 Å². The Balaban J connectivity index is 1.59. The lowest BCUT2D eigenvalue weighted by Crippen LogP contribution is -2.52. The third kappa shape index (κ3) is 6.54. The summed E-state index contributed by atoms with van der Waals surface area (Å²) in [5.41, 5.74) is -0.453. The van der Waals surface area contributed by atoms with Gasteiger partial charge in [-0.15, -0.1) is 0 Å². The predicted octanol–water partition coefficient (Wildman–Crippen LogP) is 4.99. The molecule has 0 atom stereocenters. The van der Waals surface area contributed by atoms with E-state index in [1.807, 2.05) is 6.92 Å². The fourth-order valence-electron chi connectivity index (χ4n) is 4.09. The summed E-state index contributed by atoms with van der Waals surface area (Å²) >= 11 is 0. The Hall–Kier alpha value is -2.93. The van der Waals surface area contributed by atoms with E-state index in [9.17, 15) is 23.2 Å². The molecule has 0 amide bonds. The van der Waals surface area contributed by atoms with E-state index in [2.05, 4.69) is 4.90 Å². The number of likely N-dealkylation sites (tertiary alicyclic amines) is 1. The Morgan fingerprint density at radius 3 is 1.97 bits per heavy atom. The van der Waals surface area contributed by atoms with Crippen LogP contribution in [0, 0.1) is 11.6 Å². The maximum atomic E-state index is 13.3. The van der Waals surface area contributed by atoms with Crippen LogP contribution in [0.25, 0.3) is 0 Å². The minimum atomic E-state index is -1.26. The van der Waals surface area contributed by atoms with Crippen molar-refractivity contribution >= 4 is 17.5 Å². The molecule has 2 aromatic carbocycles. The van der Waals surface area contributed by atoms with Crippen molar-refractivity contribution in [2.45, 2.75) is 51.0 Å². The van der Waals surface area contributed by atoms with Crippen molar-refractivity contribution in [3.8, 4) is 0 Å². The van der Waals surface area contributed by atoms with Gasteiger partial charge < -0.3 is 9.64 Å². The molecule has 33 heavy (non-hydrogen) atoms. The monoisotopic (exact) mass is 457 g/mol. The molecule has 0 aromatic heterocycles. The molecule has 2 aromatic rings. The molecule has 0 saturated carbocycles. The van der Waals surface area contributed by atoms with Gasteiger partial charge in [0.1, 0.15) is 11.6 Å². The number of benzene rings is 2. The van der Waals surface area contributed by atoms with E-state index < -0.39 is 17.4 Å². The maximum absolute atomic E-state index is 13.3. The molecular weight excluding hydrogens is 428 g/mol. The molecule has 7 heteroatoms. The van der Waals surface area contributed by atoms with Crippen LogP contribution in [-0.2, 0) is 9.53 Å². The number of carbonyl (C=O) groups is 3. The molecule has 0 radical (unpaired) electrons. The molecule has 1 aliphatic heterocycles. The van der Waals surface area contributed by atoms with Crippen LogP contribution in [-0.4, -0.2) is 47.7 Å². The third-order valence-corrected chi connectivity index (χ3v) is 5.99. The molecule has 0 bridgehead atoms. The van der Waals surface area contributed by atoms with Crippen LogP contribution in [0.1, 0.15) is 66.2 Å². The molecule has 176 valence electrons. The summed E-state index contributed by atoms with van der Waals surface area (Å²) in [6, 6.07) is 10.8. The largest absolute Gasteiger partial charge is 0.451 e. The molecule has 1 saturated heterocycles. The maximum Gasteiger partial charge on any atom is 0.306 e. The van der Waals surface area contributed by atoms with Crippen molar-refractivity contribution in [1.82, 2.24) is 4.90 Å². The third-order valence-electron chi connectivity index (χ3n) is 5.99. The Labute approximate surface area is 192 Å². The zero-order valence-corrected chi connectivity index (χ0v) is 18.8. The van der Waals surface area contributed by atoms with Gasteiger partial charge in [0.2, 0.25) is 5.78 Å². The molecule has 1 fully saturated rings. The molecule has 3 rings (SSSR count). The molecule has 5 nitrogen and oxygen atoms in total. The van der Waals surface area contributed by atoms with Crippen LogP contribution < -0.4 is 0 Å². The number of ether oxygens (including phenoxy) is 1. The average molecular weight is 458 g/mol. The Morgan fingerprint density at radius 1 is 0.879 bits per heavy atom. The molecule has 0 unspecified atom stereocenters. The van der Waals surface area contributed by atoms with E-state index in [0.717, 1.165) is 0 Å². The highest BCUT2D eigenvalue weighted by Gasteiger charge is 2.45. The average Bonchev–Trinajstić information content (AvgIpc) is 2.81. The lowest BCUT2D eigenvalue weighted by molar-refractivity contribution is -0.159. The molecule has 1 aliphatic rings. The second-order valence-electron chi connectivity index (χ2n) is 8.43. The van der Waals surface area contributed by atoms with Crippen molar-refractivity contribution in [2.24, 2.45) is 0 Å². The van der Waals surface area contributed by atoms with Gasteiger partial charge in [0.15, 0.2) is 11.4 Å². The summed E-state index contributed by atoms with van der Waals surface area (Å²) < 4.78 is 32.1. The van der Waals surface area contributed by atoms with E-state index >= 15 is 0 Å². The van der Waals surface area contributed by atoms with E-state index in [1.54, 1.807) is 0 Å². The van der Waals surface area contributed by atoms with Gasteiger partial charge in [0.25, 0.3) is 0 Å². The highest BCUT2D eigenvalue weighted by atomic mass is 19.1. The summed E-state index contributed by atoms with van der Waals surface area (Å²) in [5, 5.41) is 0. The first-order valence-corrected chi connectivity index (χ1v) is 11.4. The first-order valence-electron chi connectivity index (χ1n) is 11.4. The molecule has 0 spiro atoms. The van der Waals surface area contributed by atoms with Crippen molar-refractivity contribution in [2.75, 3.05) is 19.6 Å². The van der Waals surface area contributed by atoms with E-state index in [1.165, 1.54) is 48.5 Å². The van der Waals surface area contributed by atoms with Crippen molar-refractivity contribution < 1.29 is 27.9 Å². The zero-order valence-electron chi connectivity index (χ0n) is 18.8. The number of nitrogens with zero attached hydrogens (tertiary/aromatic N) is 1. The van der Waals surface area contributed by atoms with Crippen LogP contribution in [0.15, 0.2) is 48.5 Å². The summed E-state index contributed by atoms with van der Waals surface area (Å²) in [6.07, 6.45) is 2.49. The van der Waals surface area contributed by atoms with Crippen LogP contribution in [0.4, 0.5) is 8.78 Å². The number of hydrogen-bond acceptors (Lipinski definition) is 5. The first kappa shape index (κ1) is 24.7. The van der Waals surface area contributed by atoms with Crippen LogP contribution >= 0.6 is 0 Å². The Morgan fingerprint density at radius 2 is 1.42 bits per heavy atom. The number of Topliss-reactive ketones (excluding diaryl/α,β-unsaturated/α-hetero) is 2. The lowest BCUT2D eigenvalue weighted by atomic mass is 9.83. The number of hydrogen-bond donors (Lipinski definition) is 0. The van der Waals surface area contributed by atoms with Crippen molar-refractivity contribution in [3.63, 3.8) is 0 Å². The standard InChI is InChI=1S/C26H29F2NO4/c1-2-4-24(31)33-26(25(32)20-8-12-22(28)13-9-20)14-17-29(18-15-26)16-3-5-23(30)19-6-10-21(27)11-7-19/h6-13H,2-5,14-18H2,1H3. The molecular formula is C26H29F2NO4. The van der Waals surface area contributed by atoms with Crippen molar-refractivity contribution in [1.29, 1.82) is 0 Å². The lowest BCUT2D eigenvalue weighted by Gasteiger charge is -2.40. The van der Waals surface area contributed by atoms with Gasteiger partial charge in [-0.3, -0.25) is 14.4 Å². The minimum absolute atomic E-state index is 0.0404. The second-order valence-corrected chi connectivity index (χ2v) is 8.43. The number of halogens is 2. The smallest absolute Gasteiger partial charge is 0.306 e. The fraction of sp³-hybridized carbons (Fsp3) is 0.423. The van der Waals surface area contributed by atoms with Gasteiger partial charge in [-0.1, -0.05) is 6.92 Å². The SMILES string of the molecule is CCCC(=O)OC1(C(=O)c2ccc(F)cc2)CCN(CCCC(=O)c2ccc(F)cc2)CC1. The van der Waals surface area contributed by atoms with Gasteiger partial charge in [0, 0.05) is 49.9 Å². The number of carbonyl (C=O) groups excluding carboxylic acids is 3. The van der Waals surface area contributed by atoms with E-state index in [4.69, 9.17) is 4.74 Å². The highest BCUT2D eigenvalue weighted by molar-refractivity contribution is 6.03. The first-order chi connectivity index (χ1) is 15.8. The Kier molecular flexibility index (Phi) is 8.44. The van der Waals surface area contributed by atoms with E-state index in [-0.39, 0.29) is 23.8 Å². The van der Waals surface area contributed by atoms with E-state index in [0.29, 0.717) is 62.9 Å². The number of esters is 1. The van der Waals surface area contributed by atoms with Crippen molar-refractivity contribution in [3.05, 3.63) is 71.3 Å². The molecule has 0 aliphatic carbocycles. The molecule has 1 heterocycles. The minimum Gasteiger partial charge on any atom is -0.451 e. The molecule has 0 N–H and O–H groups in total. The summed E-state index contributed by atoms with van der Waals surface area (Å²) in [6.45, 7) is 3.61. The van der Waals surface area contributed by atoms with Gasteiger partial charge in [-0.05, 0) is 67.9 Å². The summed E-state index contributed by atoms with van der Waals surface area (Å²) in [4.78, 5) is 40.0. The summed E-state index contributed by atoms with van der Waals surface area (Å²) in [5.74, 6) is -1.57. The predicted molar refractivity (Wildman–Crippen MR) is 120 cm³/mol. The topological polar surface area (TPSA) is 63.7 Å². The normalized spacial score (nSPS) is 15.7. The van der Waals surface area contributed by atoms with Gasteiger partial charge >= 0.3 is 5.97 Å². The van der Waals surface area contributed by atoms with Gasteiger partial charge in [-0.25, -0.2) is 8.78 Å². The second kappa shape index (κ2) is 11.3. The van der Waals surface area contributed by atoms with Crippen LogP contribution in [0.2, 0.25) is 0 Å². The van der Waals surface area contributed by atoms with Gasteiger partial charge in [0.05, 0.1) is 0 Å². The quantitative estimate of drug-likeness (QED) is 0.372. The number of rotatable bonds is 10. The summed E-state index contributed by atoms with van der Waals surface area (Å²) in [7, 11) is 0. The van der Waals surface area contributed by atoms with Crippen LogP contribution in [0.5, 0.6) is 0 Å². The fourth-order valence-corrected chi connectivity index (χ4v) is 4.09. The van der Waals surface area contributed by atoms with Crippen LogP contribution in [0.3, 0.4) is 0 Å².